The van der Waals surface area contributed by atoms with E-state index in [4.69, 9.17) is 4.74 Å². The quantitative estimate of drug-likeness (QED) is 0.473. The Morgan fingerprint density at radius 1 is 1.36 bits per heavy atom. The predicted molar refractivity (Wildman–Crippen MR) is 80.6 cm³/mol. The molecule has 22 heavy (non-hydrogen) atoms. The van der Waals surface area contributed by atoms with Crippen LogP contribution in [0.4, 0.5) is 5.69 Å². The van der Waals surface area contributed by atoms with Gasteiger partial charge in [0.15, 0.2) is 6.61 Å². The molecule has 120 valence electrons. The van der Waals surface area contributed by atoms with Crippen molar-refractivity contribution < 1.29 is 19.2 Å². The van der Waals surface area contributed by atoms with Crippen LogP contribution in [0, 0.1) is 23.0 Å². The minimum absolute atomic E-state index is 0.0484. The van der Waals surface area contributed by atoms with Crippen LogP contribution in [0.25, 0.3) is 0 Å². The highest BCUT2D eigenvalue weighted by atomic mass is 16.6. The average molecular weight is 308 g/mol. The van der Waals surface area contributed by atoms with E-state index in [-0.39, 0.29) is 11.3 Å². The molecule has 1 aromatic rings. The molecule has 0 unspecified atom stereocenters. The van der Waals surface area contributed by atoms with Crippen molar-refractivity contribution in [2.24, 2.45) is 5.92 Å². The molecule has 0 bridgehead atoms. The van der Waals surface area contributed by atoms with Gasteiger partial charge < -0.3 is 10.1 Å². The van der Waals surface area contributed by atoms with E-state index in [2.05, 4.69) is 5.32 Å². The van der Waals surface area contributed by atoms with E-state index in [0.717, 1.165) is 12.5 Å². The van der Waals surface area contributed by atoms with Crippen molar-refractivity contribution >= 4 is 17.6 Å². The Labute approximate surface area is 128 Å². The van der Waals surface area contributed by atoms with Crippen LogP contribution in [0.3, 0.4) is 0 Å². The largest absolute Gasteiger partial charge is 0.452 e. The highest BCUT2D eigenvalue weighted by Gasteiger charge is 2.16. The summed E-state index contributed by atoms with van der Waals surface area (Å²) in [6, 6.07) is 4.05. The Balaban J connectivity index is 2.54. The van der Waals surface area contributed by atoms with Crippen molar-refractivity contribution in [2.75, 3.05) is 13.2 Å². The number of benzene rings is 1. The highest BCUT2D eigenvalue weighted by molar-refractivity contribution is 5.92. The number of carbonyl (C=O) groups excluding carboxylic acids is 2. The fraction of sp³-hybridized carbons (Fsp3) is 0.467. The van der Waals surface area contributed by atoms with Gasteiger partial charge in [0.25, 0.3) is 11.6 Å². The third kappa shape index (κ3) is 5.51. The van der Waals surface area contributed by atoms with E-state index in [0.29, 0.717) is 18.0 Å². The van der Waals surface area contributed by atoms with Gasteiger partial charge in [-0.2, -0.15) is 0 Å². The number of esters is 1. The molecule has 0 aromatic heterocycles. The second-order valence-corrected chi connectivity index (χ2v) is 5.37. The summed E-state index contributed by atoms with van der Waals surface area (Å²) in [4.78, 5) is 33.5. The molecule has 0 saturated heterocycles. The Bertz CT molecular complexity index is 569. The lowest BCUT2D eigenvalue weighted by Gasteiger charge is -2.08. The van der Waals surface area contributed by atoms with E-state index in [1.807, 2.05) is 13.8 Å². The monoisotopic (exact) mass is 308 g/mol. The summed E-state index contributed by atoms with van der Waals surface area (Å²) in [6.45, 7) is 5.77. The summed E-state index contributed by atoms with van der Waals surface area (Å²) in [5.74, 6) is -0.686. The van der Waals surface area contributed by atoms with Crippen molar-refractivity contribution in [2.45, 2.75) is 27.2 Å². The molecule has 1 amide bonds. The van der Waals surface area contributed by atoms with Crippen molar-refractivity contribution in [3.8, 4) is 0 Å². The number of amides is 1. The normalized spacial score (nSPS) is 10.4. The van der Waals surface area contributed by atoms with Crippen LogP contribution in [0.5, 0.6) is 0 Å². The maximum atomic E-state index is 11.8. The number of nitrogens with one attached hydrogen (secondary N) is 1. The van der Waals surface area contributed by atoms with Crippen LogP contribution in [0.2, 0.25) is 0 Å². The van der Waals surface area contributed by atoms with Gasteiger partial charge >= 0.3 is 5.97 Å². The van der Waals surface area contributed by atoms with Gasteiger partial charge in [-0.05, 0) is 25.3 Å². The lowest BCUT2D eigenvalue weighted by atomic mass is 10.1. The fourth-order valence-electron chi connectivity index (χ4n) is 1.70. The Hall–Kier alpha value is -2.44. The molecule has 1 rings (SSSR count). The topological polar surface area (TPSA) is 98.5 Å². The number of nitro groups is 1. The number of nitrogens with zero attached hydrogens (tertiary/aromatic N) is 1. The lowest BCUT2D eigenvalue weighted by Crippen LogP contribution is -2.30. The number of rotatable bonds is 7. The summed E-state index contributed by atoms with van der Waals surface area (Å²) in [7, 11) is 0. The van der Waals surface area contributed by atoms with Crippen molar-refractivity contribution in [3.05, 3.63) is 39.4 Å². The SMILES string of the molecule is Cc1ccc(C(=O)OCC(=O)NCCC(C)C)cc1[N+](=O)[O-]. The van der Waals surface area contributed by atoms with Crippen LogP contribution < -0.4 is 5.32 Å². The van der Waals surface area contributed by atoms with Crippen LogP contribution in [0.15, 0.2) is 18.2 Å². The third-order valence-electron chi connectivity index (χ3n) is 3.02. The third-order valence-corrected chi connectivity index (χ3v) is 3.02. The molecule has 1 aromatic carbocycles. The molecule has 7 heteroatoms. The molecule has 0 heterocycles. The first kappa shape index (κ1) is 17.6. The fourth-order valence-corrected chi connectivity index (χ4v) is 1.70. The van der Waals surface area contributed by atoms with Gasteiger partial charge in [-0.3, -0.25) is 14.9 Å². The number of ether oxygens (including phenoxy) is 1. The molecular formula is C15H20N2O5. The number of nitro benzene ring substituents is 1. The minimum atomic E-state index is -0.762. The zero-order valence-electron chi connectivity index (χ0n) is 12.9. The molecule has 0 radical (unpaired) electrons. The van der Waals surface area contributed by atoms with Crippen LogP contribution >= 0.6 is 0 Å². The van der Waals surface area contributed by atoms with Crippen LogP contribution in [-0.2, 0) is 9.53 Å². The van der Waals surface area contributed by atoms with Gasteiger partial charge in [0.1, 0.15) is 0 Å². The molecule has 0 fully saturated rings. The smallest absolute Gasteiger partial charge is 0.338 e. The van der Waals surface area contributed by atoms with Gasteiger partial charge in [0.2, 0.25) is 0 Å². The van der Waals surface area contributed by atoms with Gasteiger partial charge in [-0.1, -0.05) is 19.9 Å². The summed E-state index contributed by atoms with van der Waals surface area (Å²) in [5.41, 5.74) is 0.344. The van der Waals surface area contributed by atoms with Crippen molar-refractivity contribution in [1.82, 2.24) is 5.32 Å². The molecule has 0 aliphatic heterocycles. The molecule has 7 nitrogen and oxygen atoms in total. The molecular weight excluding hydrogens is 288 g/mol. The van der Waals surface area contributed by atoms with Crippen LogP contribution in [-0.4, -0.2) is 30.0 Å². The van der Waals surface area contributed by atoms with Crippen LogP contribution in [0.1, 0.15) is 36.2 Å². The average Bonchev–Trinajstić information content (AvgIpc) is 2.44. The number of carbonyl (C=O) groups is 2. The number of aryl methyl sites for hydroxylation is 1. The minimum Gasteiger partial charge on any atom is -0.452 e. The van der Waals surface area contributed by atoms with E-state index in [9.17, 15) is 19.7 Å². The van der Waals surface area contributed by atoms with E-state index in [1.54, 1.807) is 6.92 Å². The maximum Gasteiger partial charge on any atom is 0.338 e. The molecule has 0 saturated carbocycles. The standard InChI is InChI=1S/C15H20N2O5/c1-10(2)6-7-16-14(18)9-22-15(19)12-5-4-11(3)13(8-12)17(20)21/h4-5,8,10H,6-7,9H2,1-3H3,(H,16,18). The van der Waals surface area contributed by atoms with E-state index < -0.39 is 23.4 Å². The molecule has 0 aliphatic rings. The summed E-state index contributed by atoms with van der Waals surface area (Å²) in [5, 5.41) is 13.5. The zero-order valence-corrected chi connectivity index (χ0v) is 12.9. The zero-order chi connectivity index (χ0) is 16.7. The molecule has 0 atom stereocenters. The van der Waals surface area contributed by atoms with E-state index in [1.165, 1.54) is 12.1 Å². The second kappa shape index (κ2) is 8.11. The Morgan fingerprint density at radius 3 is 2.64 bits per heavy atom. The highest BCUT2D eigenvalue weighted by Crippen LogP contribution is 2.19. The van der Waals surface area contributed by atoms with Gasteiger partial charge in [0.05, 0.1) is 10.5 Å². The van der Waals surface area contributed by atoms with Gasteiger partial charge in [-0.25, -0.2) is 4.79 Å². The summed E-state index contributed by atoms with van der Waals surface area (Å²) < 4.78 is 4.85. The van der Waals surface area contributed by atoms with Gasteiger partial charge in [0, 0.05) is 18.2 Å². The summed E-state index contributed by atoms with van der Waals surface area (Å²) >= 11 is 0. The number of hydrogen-bond donors (Lipinski definition) is 1. The Kier molecular flexibility index (Phi) is 6.49. The summed E-state index contributed by atoms with van der Waals surface area (Å²) in [6.07, 6.45) is 0.837. The number of hydrogen-bond acceptors (Lipinski definition) is 5. The van der Waals surface area contributed by atoms with Gasteiger partial charge in [-0.15, -0.1) is 0 Å². The first-order valence-corrected chi connectivity index (χ1v) is 7.00. The Morgan fingerprint density at radius 2 is 2.05 bits per heavy atom. The molecule has 0 aliphatic carbocycles. The predicted octanol–water partition coefficient (Wildman–Crippen LogP) is 2.22. The first-order chi connectivity index (χ1) is 10.3. The first-order valence-electron chi connectivity index (χ1n) is 7.00. The van der Waals surface area contributed by atoms with Crippen molar-refractivity contribution in [1.29, 1.82) is 0 Å². The second-order valence-electron chi connectivity index (χ2n) is 5.37. The lowest BCUT2D eigenvalue weighted by molar-refractivity contribution is -0.385. The van der Waals surface area contributed by atoms with Crippen molar-refractivity contribution in [3.63, 3.8) is 0 Å². The molecule has 1 N–H and O–H groups in total. The molecule has 0 spiro atoms. The maximum absolute atomic E-state index is 11.8. The van der Waals surface area contributed by atoms with E-state index >= 15 is 0 Å².